The second-order valence-electron chi connectivity index (χ2n) is 5.71. The van der Waals surface area contributed by atoms with Gasteiger partial charge in [0.15, 0.2) is 5.82 Å². The summed E-state index contributed by atoms with van der Waals surface area (Å²) in [4.78, 5) is 31.8. The summed E-state index contributed by atoms with van der Waals surface area (Å²) < 4.78 is 10.1. The molecule has 0 unspecified atom stereocenters. The molecule has 2 N–H and O–H groups in total. The summed E-state index contributed by atoms with van der Waals surface area (Å²) in [5, 5.41) is 5.97. The lowest BCUT2D eigenvalue weighted by atomic mass is 10.1. The fraction of sp³-hybridized carbons (Fsp3) is 0.294. The van der Waals surface area contributed by atoms with Crippen LogP contribution in [0.4, 0.5) is 10.6 Å². The number of rotatable bonds is 6. The summed E-state index contributed by atoms with van der Waals surface area (Å²) in [5.41, 5.74) is 1.40. The number of anilines is 1. The van der Waals surface area contributed by atoms with Gasteiger partial charge in [-0.1, -0.05) is 23.7 Å². The third-order valence-corrected chi connectivity index (χ3v) is 3.98. The standard InChI is InChI=1S/C17H17ClN4O4/c1-25-16-13(7-12-9-26-17(24)20-12)19-8-14(22-16)21-15(23)6-10-2-4-11(18)5-3-10/h2-5,8,12H,6-7,9H2,1H3,(H,20,24)(H,21,22,23)/t12-/m0/s1. The summed E-state index contributed by atoms with van der Waals surface area (Å²) in [5.74, 6) is 0.347. The number of hydrogen-bond acceptors (Lipinski definition) is 6. The van der Waals surface area contributed by atoms with Gasteiger partial charge in [-0.05, 0) is 17.7 Å². The minimum Gasteiger partial charge on any atom is -0.480 e. The second-order valence-corrected chi connectivity index (χ2v) is 6.14. The molecule has 9 heteroatoms. The van der Waals surface area contributed by atoms with E-state index in [9.17, 15) is 9.59 Å². The van der Waals surface area contributed by atoms with Crippen molar-refractivity contribution in [1.29, 1.82) is 0 Å². The second kappa shape index (κ2) is 8.01. The van der Waals surface area contributed by atoms with E-state index in [1.54, 1.807) is 24.3 Å². The van der Waals surface area contributed by atoms with Crippen LogP contribution in [0.2, 0.25) is 5.02 Å². The van der Waals surface area contributed by atoms with Crippen LogP contribution in [-0.4, -0.2) is 41.7 Å². The third-order valence-electron chi connectivity index (χ3n) is 3.73. The van der Waals surface area contributed by atoms with Crippen LogP contribution < -0.4 is 15.4 Å². The number of nitrogens with zero attached hydrogens (tertiary/aromatic N) is 2. The third kappa shape index (κ3) is 4.60. The van der Waals surface area contributed by atoms with E-state index in [1.807, 2.05) is 0 Å². The number of methoxy groups -OCH3 is 1. The van der Waals surface area contributed by atoms with Crippen LogP contribution in [0.15, 0.2) is 30.5 Å². The van der Waals surface area contributed by atoms with E-state index in [2.05, 4.69) is 20.6 Å². The van der Waals surface area contributed by atoms with E-state index in [4.69, 9.17) is 21.1 Å². The molecule has 0 bridgehead atoms. The summed E-state index contributed by atoms with van der Waals surface area (Å²) in [7, 11) is 1.47. The van der Waals surface area contributed by atoms with Gasteiger partial charge >= 0.3 is 6.09 Å². The van der Waals surface area contributed by atoms with Crippen LogP contribution in [0, 0.1) is 0 Å². The minimum atomic E-state index is -0.451. The topological polar surface area (TPSA) is 102 Å². The van der Waals surface area contributed by atoms with Crippen LogP contribution in [0.5, 0.6) is 5.88 Å². The molecular formula is C17H17ClN4O4. The van der Waals surface area contributed by atoms with Gasteiger partial charge in [-0.15, -0.1) is 0 Å². The molecule has 136 valence electrons. The minimum absolute atomic E-state index is 0.184. The Balaban J connectivity index is 1.63. The molecule has 1 atom stereocenters. The Morgan fingerprint density at radius 3 is 2.85 bits per heavy atom. The summed E-state index contributed by atoms with van der Waals surface area (Å²) >= 11 is 5.83. The van der Waals surface area contributed by atoms with E-state index in [-0.39, 0.29) is 36.7 Å². The van der Waals surface area contributed by atoms with Crippen molar-refractivity contribution in [3.63, 3.8) is 0 Å². The van der Waals surface area contributed by atoms with Gasteiger partial charge in [-0.3, -0.25) is 9.78 Å². The molecule has 2 amide bonds. The predicted molar refractivity (Wildman–Crippen MR) is 94.3 cm³/mol. The Kier molecular flexibility index (Phi) is 5.52. The van der Waals surface area contributed by atoms with Crippen molar-refractivity contribution in [3.05, 3.63) is 46.7 Å². The highest BCUT2D eigenvalue weighted by atomic mass is 35.5. The van der Waals surface area contributed by atoms with Gasteiger partial charge in [0.05, 0.1) is 25.8 Å². The number of benzene rings is 1. The molecule has 2 aromatic rings. The number of amides is 2. The van der Waals surface area contributed by atoms with Crippen LogP contribution in [0.25, 0.3) is 0 Å². The SMILES string of the molecule is COc1nc(NC(=O)Cc2ccc(Cl)cc2)cnc1C[C@H]1COC(=O)N1. The zero-order valence-electron chi connectivity index (χ0n) is 14.0. The highest BCUT2D eigenvalue weighted by Gasteiger charge is 2.24. The first kappa shape index (κ1) is 17.9. The Morgan fingerprint density at radius 1 is 1.42 bits per heavy atom. The molecule has 0 saturated carbocycles. The van der Waals surface area contributed by atoms with Crippen molar-refractivity contribution >= 4 is 29.4 Å². The van der Waals surface area contributed by atoms with E-state index in [0.717, 1.165) is 5.56 Å². The first-order chi connectivity index (χ1) is 12.5. The number of aromatic nitrogens is 2. The van der Waals surface area contributed by atoms with Gasteiger partial charge in [0, 0.05) is 11.4 Å². The molecule has 0 aliphatic carbocycles. The number of hydrogen-bond donors (Lipinski definition) is 2. The smallest absolute Gasteiger partial charge is 0.407 e. The van der Waals surface area contributed by atoms with Gasteiger partial charge < -0.3 is 20.1 Å². The first-order valence-corrected chi connectivity index (χ1v) is 8.29. The van der Waals surface area contributed by atoms with Gasteiger partial charge in [-0.25, -0.2) is 4.79 Å². The molecule has 0 spiro atoms. The van der Waals surface area contributed by atoms with Gasteiger partial charge in [0.1, 0.15) is 12.3 Å². The molecule has 8 nitrogen and oxygen atoms in total. The average Bonchev–Trinajstić information content (AvgIpc) is 3.03. The van der Waals surface area contributed by atoms with Gasteiger partial charge in [0.2, 0.25) is 11.8 Å². The quantitative estimate of drug-likeness (QED) is 0.799. The highest BCUT2D eigenvalue weighted by Crippen LogP contribution is 2.19. The molecule has 2 heterocycles. The average molecular weight is 377 g/mol. The van der Waals surface area contributed by atoms with Crippen molar-refractivity contribution in [3.8, 4) is 5.88 Å². The molecular weight excluding hydrogens is 360 g/mol. The number of cyclic esters (lactones) is 1. The number of ether oxygens (including phenoxy) is 2. The number of nitrogens with one attached hydrogen (secondary N) is 2. The predicted octanol–water partition coefficient (Wildman–Crippen LogP) is 1.97. The molecule has 1 aliphatic heterocycles. The zero-order chi connectivity index (χ0) is 18.5. The lowest BCUT2D eigenvalue weighted by molar-refractivity contribution is -0.115. The van der Waals surface area contributed by atoms with Gasteiger partial charge in [0.25, 0.3) is 0 Å². The Labute approximate surface area is 154 Å². The normalized spacial score (nSPS) is 15.9. The molecule has 1 aromatic carbocycles. The van der Waals surface area contributed by atoms with Crippen molar-refractivity contribution in [2.45, 2.75) is 18.9 Å². The Bertz CT molecular complexity index is 813. The van der Waals surface area contributed by atoms with E-state index >= 15 is 0 Å². The molecule has 26 heavy (non-hydrogen) atoms. The lowest BCUT2D eigenvalue weighted by Gasteiger charge is -2.11. The molecule has 1 fully saturated rings. The number of carbonyl (C=O) groups excluding carboxylic acids is 2. The maximum Gasteiger partial charge on any atom is 0.407 e. The van der Waals surface area contributed by atoms with E-state index in [0.29, 0.717) is 17.1 Å². The fourth-order valence-electron chi connectivity index (χ4n) is 2.51. The monoisotopic (exact) mass is 376 g/mol. The van der Waals surface area contributed by atoms with E-state index in [1.165, 1.54) is 13.3 Å². The Morgan fingerprint density at radius 2 is 2.19 bits per heavy atom. The van der Waals surface area contributed by atoms with Crippen molar-refractivity contribution in [2.75, 3.05) is 19.0 Å². The molecule has 1 aliphatic rings. The highest BCUT2D eigenvalue weighted by molar-refractivity contribution is 6.30. The maximum absolute atomic E-state index is 12.1. The molecule has 1 saturated heterocycles. The number of halogens is 1. The number of carbonyl (C=O) groups is 2. The van der Waals surface area contributed by atoms with Crippen molar-refractivity contribution in [1.82, 2.24) is 15.3 Å². The zero-order valence-corrected chi connectivity index (χ0v) is 14.7. The molecule has 3 rings (SSSR count). The van der Waals surface area contributed by atoms with Crippen LogP contribution in [0.1, 0.15) is 11.3 Å². The van der Waals surface area contributed by atoms with Crippen molar-refractivity contribution in [2.24, 2.45) is 0 Å². The van der Waals surface area contributed by atoms with Gasteiger partial charge in [-0.2, -0.15) is 4.98 Å². The lowest BCUT2D eigenvalue weighted by Crippen LogP contribution is -2.29. The summed E-state index contributed by atoms with van der Waals surface area (Å²) in [6.45, 7) is 0.267. The largest absolute Gasteiger partial charge is 0.480 e. The van der Waals surface area contributed by atoms with Crippen molar-refractivity contribution < 1.29 is 19.1 Å². The van der Waals surface area contributed by atoms with Crippen LogP contribution in [-0.2, 0) is 22.4 Å². The molecule has 1 aromatic heterocycles. The maximum atomic E-state index is 12.1. The number of alkyl carbamates (subject to hydrolysis) is 1. The summed E-state index contributed by atoms with van der Waals surface area (Å²) in [6.07, 6.45) is 1.61. The molecule has 0 radical (unpaired) electrons. The van der Waals surface area contributed by atoms with Crippen LogP contribution in [0.3, 0.4) is 0 Å². The van der Waals surface area contributed by atoms with Crippen LogP contribution >= 0.6 is 11.6 Å². The summed E-state index contributed by atoms with van der Waals surface area (Å²) in [6, 6.07) is 6.85. The fourth-order valence-corrected chi connectivity index (χ4v) is 2.63. The first-order valence-electron chi connectivity index (χ1n) is 7.91. The Hall–Kier alpha value is -2.87. The van der Waals surface area contributed by atoms with E-state index < -0.39 is 6.09 Å².